The summed E-state index contributed by atoms with van der Waals surface area (Å²) in [4.78, 5) is 12.1. The molecule has 0 amide bonds. The maximum absolute atomic E-state index is 12.1. The monoisotopic (exact) mass is 318 g/mol. The Morgan fingerprint density at radius 1 is 0.952 bits per heavy atom. The standard InChI is InChI=1S/C16H34O4Si/c1-6-9-10-11-12-13-14-18-16(17)15(4)21(5,19-7-2)20-8-3/h15H,6-14H2,1-5H3. The number of hydrogen-bond acceptors (Lipinski definition) is 4. The number of carbonyl (C=O) groups excluding carboxylic acids is 1. The molecule has 4 nitrogen and oxygen atoms in total. The van der Waals surface area contributed by atoms with Crippen molar-refractivity contribution in [2.24, 2.45) is 0 Å². The summed E-state index contributed by atoms with van der Waals surface area (Å²) in [7, 11) is -2.48. The van der Waals surface area contributed by atoms with Gasteiger partial charge in [0.05, 0.1) is 12.1 Å². The second kappa shape index (κ2) is 12.2. The topological polar surface area (TPSA) is 44.8 Å². The first-order valence-electron chi connectivity index (χ1n) is 8.46. The molecule has 0 aromatic heterocycles. The molecule has 0 aliphatic rings. The molecule has 0 radical (unpaired) electrons. The maximum atomic E-state index is 12.1. The molecule has 0 bridgehead atoms. The van der Waals surface area contributed by atoms with Crippen LogP contribution in [0.1, 0.15) is 66.2 Å². The van der Waals surface area contributed by atoms with Crippen LogP contribution in [0.3, 0.4) is 0 Å². The van der Waals surface area contributed by atoms with Crippen LogP contribution in [0.2, 0.25) is 12.1 Å². The molecule has 126 valence electrons. The first-order chi connectivity index (χ1) is 10.0. The average Bonchev–Trinajstić information content (AvgIpc) is 2.45. The molecule has 0 saturated carbocycles. The second-order valence-corrected chi connectivity index (χ2v) is 9.01. The van der Waals surface area contributed by atoms with Gasteiger partial charge in [-0.25, -0.2) is 0 Å². The Kier molecular flexibility index (Phi) is 12.0. The molecule has 0 aromatic carbocycles. The van der Waals surface area contributed by atoms with Gasteiger partial charge in [-0.3, -0.25) is 4.79 Å². The first kappa shape index (κ1) is 20.6. The minimum Gasteiger partial charge on any atom is -0.466 e. The van der Waals surface area contributed by atoms with Crippen molar-refractivity contribution in [1.82, 2.24) is 0 Å². The van der Waals surface area contributed by atoms with Crippen LogP contribution in [0.5, 0.6) is 0 Å². The van der Waals surface area contributed by atoms with Crippen LogP contribution in [0, 0.1) is 0 Å². The zero-order valence-electron chi connectivity index (χ0n) is 14.6. The maximum Gasteiger partial charge on any atom is 0.349 e. The Hall–Kier alpha value is -0.393. The Labute approximate surface area is 131 Å². The van der Waals surface area contributed by atoms with Crippen LogP contribution in [-0.4, -0.2) is 34.4 Å². The number of ether oxygens (including phenoxy) is 1. The second-order valence-electron chi connectivity index (χ2n) is 5.54. The number of carbonyl (C=O) groups is 1. The lowest BCUT2D eigenvalue weighted by Gasteiger charge is -2.30. The van der Waals surface area contributed by atoms with Crippen molar-refractivity contribution in [3.05, 3.63) is 0 Å². The van der Waals surface area contributed by atoms with E-state index in [0.717, 1.165) is 12.8 Å². The van der Waals surface area contributed by atoms with E-state index < -0.39 is 8.56 Å². The Morgan fingerprint density at radius 2 is 1.48 bits per heavy atom. The summed E-state index contributed by atoms with van der Waals surface area (Å²) in [5.41, 5.74) is -0.294. The normalized spacial score (nSPS) is 13.2. The fourth-order valence-electron chi connectivity index (χ4n) is 2.26. The molecule has 5 heteroatoms. The highest BCUT2D eigenvalue weighted by atomic mass is 28.4. The van der Waals surface area contributed by atoms with E-state index in [4.69, 9.17) is 13.6 Å². The predicted octanol–water partition coefficient (Wildman–Crippen LogP) is 4.43. The molecule has 1 unspecified atom stereocenters. The van der Waals surface area contributed by atoms with Gasteiger partial charge in [-0.05, 0) is 33.7 Å². The quantitative estimate of drug-likeness (QED) is 0.286. The molecule has 21 heavy (non-hydrogen) atoms. The molecule has 0 saturated heterocycles. The molecule has 0 N–H and O–H groups in total. The van der Waals surface area contributed by atoms with Gasteiger partial charge in [0.15, 0.2) is 0 Å². The summed E-state index contributed by atoms with van der Waals surface area (Å²) < 4.78 is 16.9. The van der Waals surface area contributed by atoms with Crippen LogP contribution in [0.25, 0.3) is 0 Å². The van der Waals surface area contributed by atoms with E-state index in [1.54, 1.807) is 0 Å². The van der Waals surface area contributed by atoms with Gasteiger partial charge in [0.2, 0.25) is 0 Å². The van der Waals surface area contributed by atoms with Crippen LogP contribution in [-0.2, 0) is 18.4 Å². The molecule has 0 fully saturated rings. The van der Waals surface area contributed by atoms with E-state index in [1.807, 2.05) is 27.3 Å². The number of hydrogen-bond donors (Lipinski definition) is 0. The van der Waals surface area contributed by atoms with Crippen molar-refractivity contribution in [3.8, 4) is 0 Å². The minimum absolute atomic E-state index is 0.181. The third kappa shape index (κ3) is 8.59. The van der Waals surface area contributed by atoms with Crippen LogP contribution in [0.4, 0.5) is 0 Å². The lowest BCUT2D eigenvalue weighted by atomic mass is 10.1. The highest BCUT2D eigenvalue weighted by Crippen LogP contribution is 2.25. The van der Waals surface area contributed by atoms with E-state index >= 15 is 0 Å². The largest absolute Gasteiger partial charge is 0.466 e. The SMILES string of the molecule is CCCCCCCCOC(=O)C(C)[Si](C)(OCC)OCC. The first-order valence-corrected chi connectivity index (χ1v) is 10.9. The third-order valence-corrected chi connectivity index (χ3v) is 7.28. The summed E-state index contributed by atoms with van der Waals surface area (Å²) in [5.74, 6) is -0.181. The van der Waals surface area contributed by atoms with Crippen molar-refractivity contribution < 1.29 is 18.4 Å². The summed E-state index contributed by atoms with van der Waals surface area (Å²) in [6, 6.07) is 0. The highest BCUT2D eigenvalue weighted by Gasteiger charge is 2.43. The van der Waals surface area contributed by atoms with Crippen molar-refractivity contribution in [2.45, 2.75) is 78.3 Å². The molecular formula is C16H34O4Si. The molecule has 1 atom stereocenters. The van der Waals surface area contributed by atoms with Gasteiger partial charge in [0.25, 0.3) is 0 Å². The average molecular weight is 319 g/mol. The third-order valence-electron chi connectivity index (χ3n) is 3.74. The van der Waals surface area contributed by atoms with Gasteiger partial charge >= 0.3 is 14.5 Å². The Bertz CT molecular complexity index is 265. The van der Waals surface area contributed by atoms with Gasteiger partial charge < -0.3 is 13.6 Å². The van der Waals surface area contributed by atoms with Crippen molar-refractivity contribution in [3.63, 3.8) is 0 Å². The van der Waals surface area contributed by atoms with Gasteiger partial charge in [-0.15, -0.1) is 0 Å². The molecule has 0 aliphatic heterocycles. The zero-order valence-corrected chi connectivity index (χ0v) is 15.6. The van der Waals surface area contributed by atoms with E-state index in [2.05, 4.69) is 6.92 Å². The van der Waals surface area contributed by atoms with Gasteiger partial charge in [0, 0.05) is 13.2 Å². The summed E-state index contributed by atoms with van der Waals surface area (Å²) in [5, 5.41) is 0. The number of rotatable bonds is 13. The Balaban J connectivity index is 4.01. The summed E-state index contributed by atoms with van der Waals surface area (Å²) in [6.45, 7) is 11.5. The van der Waals surface area contributed by atoms with Crippen molar-refractivity contribution in [2.75, 3.05) is 19.8 Å². The van der Waals surface area contributed by atoms with Crippen LogP contribution in [0.15, 0.2) is 0 Å². The number of unbranched alkanes of at least 4 members (excludes halogenated alkanes) is 5. The molecule has 0 heterocycles. The smallest absolute Gasteiger partial charge is 0.349 e. The van der Waals surface area contributed by atoms with E-state index in [1.165, 1.54) is 25.7 Å². The van der Waals surface area contributed by atoms with Crippen LogP contribution >= 0.6 is 0 Å². The Morgan fingerprint density at radius 3 is 2.00 bits per heavy atom. The van der Waals surface area contributed by atoms with Gasteiger partial charge in [-0.2, -0.15) is 0 Å². The van der Waals surface area contributed by atoms with Crippen molar-refractivity contribution >= 4 is 14.5 Å². The molecule has 0 aliphatic carbocycles. The van der Waals surface area contributed by atoms with Crippen molar-refractivity contribution in [1.29, 1.82) is 0 Å². The number of esters is 1. The van der Waals surface area contributed by atoms with Gasteiger partial charge in [-0.1, -0.05) is 39.0 Å². The molecule has 0 aromatic rings. The zero-order chi connectivity index (χ0) is 16.1. The molecular weight excluding hydrogens is 284 g/mol. The van der Waals surface area contributed by atoms with Gasteiger partial charge in [0.1, 0.15) is 0 Å². The van der Waals surface area contributed by atoms with E-state index in [-0.39, 0.29) is 11.5 Å². The fourth-order valence-corrected chi connectivity index (χ4v) is 4.50. The summed E-state index contributed by atoms with van der Waals surface area (Å²) >= 11 is 0. The van der Waals surface area contributed by atoms with Crippen LogP contribution < -0.4 is 0 Å². The fraction of sp³-hybridized carbons (Fsp3) is 0.938. The lowest BCUT2D eigenvalue weighted by Crippen LogP contribution is -2.46. The van der Waals surface area contributed by atoms with E-state index in [9.17, 15) is 4.79 Å². The molecule has 0 rings (SSSR count). The minimum atomic E-state index is -2.48. The summed E-state index contributed by atoms with van der Waals surface area (Å²) in [6.07, 6.45) is 7.14. The lowest BCUT2D eigenvalue weighted by molar-refractivity contribution is -0.144. The highest BCUT2D eigenvalue weighted by molar-refractivity contribution is 6.70. The predicted molar refractivity (Wildman–Crippen MR) is 88.6 cm³/mol. The van der Waals surface area contributed by atoms with E-state index in [0.29, 0.717) is 19.8 Å². The molecule has 0 spiro atoms.